The van der Waals surface area contributed by atoms with Gasteiger partial charge in [-0.15, -0.1) is 0 Å². The summed E-state index contributed by atoms with van der Waals surface area (Å²) >= 11 is 3.26. The van der Waals surface area contributed by atoms with Crippen molar-refractivity contribution in [2.75, 3.05) is 0 Å². The molecule has 2 rings (SSSR count). The van der Waals surface area contributed by atoms with Gasteiger partial charge in [0.05, 0.1) is 6.33 Å². The molecule has 2 aromatic rings. The molecule has 0 bridgehead atoms. The molecule has 0 radical (unpaired) electrons. The highest BCUT2D eigenvalue weighted by atomic mass is 79.9. The van der Waals surface area contributed by atoms with Gasteiger partial charge in [-0.1, -0.05) is 0 Å². The van der Waals surface area contributed by atoms with Crippen LogP contribution in [0.25, 0.3) is 11.3 Å². The van der Waals surface area contributed by atoms with Crippen LogP contribution in [0.2, 0.25) is 0 Å². The normalized spacial score (nSPS) is 10.7. The maximum atomic E-state index is 13.4. The van der Waals surface area contributed by atoms with E-state index in [9.17, 15) is 8.78 Å². The van der Waals surface area contributed by atoms with Crippen molar-refractivity contribution >= 4 is 15.9 Å². The Bertz CT molecular complexity index is 508. The number of benzene rings is 1. The van der Waals surface area contributed by atoms with Crippen molar-refractivity contribution in [3.63, 3.8) is 0 Å². The second-order valence-electron chi connectivity index (χ2n) is 3.12. The van der Waals surface area contributed by atoms with Crippen LogP contribution in [0.4, 0.5) is 8.78 Å². The molecule has 0 aliphatic rings. The number of aryl methyl sites for hydroxylation is 1. The van der Waals surface area contributed by atoms with Gasteiger partial charge in [0.1, 0.15) is 21.9 Å². The van der Waals surface area contributed by atoms with Crippen LogP contribution in [0.3, 0.4) is 0 Å². The number of halogens is 3. The molecule has 0 atom stereocenters. The summed E-state index contributed by atoms with van der Waals surface area (Å²) in [6.07, 6.45) is 1.53. The average molecular weight is 273 g/mol. The lowest BCUT2D eigenvalue weighted by atomic mass is 10.1. The number of aromatic nitrogens is 2. The van der Waals surface area contributed by atoms with E-state index in [-0.39, 0.29) is 5.56 Å². The molecule has 0 spiro atoms. The van der Waals surface area contributed by atoms with Crippen molar-refractivity contribution in [2.24, 2.45) is 7.05 Å². The molecule has 0 aliphatic carbocycles. The fourth-order valence-corrected chi connectivity index (χ4v) is 1.68. The number of nitrogens with zero attached hydrogens (tertiary/aromatic N) is 2. The van der Waals surface area contributed by atoms with E-state index >= 15 is 0 Å². The molecule has 78 valence electrons. The molecule has 2 nitrogen and oxygen atoms in total. The zero-order valence-electron chi connectivity index (χ0n) is 7.84. The SMILES string of the molecule is Cn1cnc(-c2cc(F)ccc2F)c1Br. The highest BCUT2D eigenvalue weighted by molar-refractivity contribution is 9.10. The fourth-order valence-electron chi connectivity index (χ4n) is 1.27. The third-order valence-electron chi connectivity index (χ3n) is 2.05. The Morgan fingerprint density at radius 2 is 2.07 bits per heavy atom. The number of rotatable bonds is 1. The Balaban J connectivity index is 2.63. The van der Waals surface area contributed by atoms with Crippen LogP contribution in [0.15, 0.2) is 29.1 Å². The van der Waals surface area contributed by atoms with Crippen molar-refractivity contribution < 1.29 is 8.78 Å². The molecule has 0 fully saturated rings. The van der Waals surface area contributed by atoms with Gasteiger partial charge in [-0.05, 0) is 34.1 Å². The van der Waals surface area contributed by atoms with Crippen LogP contribution in [0, 0.1) is 11.6 Å². The molecule has 15 heavy (non-hydrogen) atoms. The molecule has 0 unspecified atom stereocenters. The number of imidazole rings is 1. The summed E-state index contributed by atoms with van der Waals surface area (Å²) in [7, 11) is 1.76. The minimum atomic E-state index is -0.490. The van der Waals surface area contributed by atoms with Crippen molar-refractivity contribution in [1.82, 2.24) is 9.55 Å². The first-order valence-corrected chi connectivity index (χ1v) is 5.01. The summed E-state index contributed by atoms with van der Waals surface area (Å²) < 4.78 is 28.7. The standard InChI is InChI=1S/C10H7BrF2N2/c1-15-5-14-9(10(15)11)7-4-6(12)2-3-8(7)13/h2-5H,1H3. The molecule has 0 N–H and O–H groups in total. The van der Waals surface area contributed by atoms with Crippen LogP contribution in [0.5, 0.6) is 0 Å². The molecule has 0 aliphatic heterocycles. The Morgan fingerprint density at radius 1 is 1.33 bits per heavy atom. The third kappa shape index (κ3) is 1.79. The maximum Gasteiger partial charge on any atom is 0.132 e. The smallest absolute Gasteiger partial charge is 0.132 e. The highest BCUT2D eigenvalue weighted by Gasteiger charge is 2.13. The molecule has 0 saturated heterocycles. The summed E-state index contributed by atoms with van der Waals surface area (Å²) in [5.74, 6) is -0.972. The lowest BCUT2D eigenvalue weighted by Crippen LogP contribution is -1.89. The summed E-state index contributed by atoms with van der Waals surface area (Å²) in [5.41, 5.74) is 0.553. The molecular weight excluding hydrogens is 266 g/mol. The van der Waals surface area contributed by atoms with Crippen LogP contribution in [0.1, 0.15) is 0 Å². The first-order valence-electron chi connectivity index (χ1n) is 4.22. The Labute approximate surface area is 93.7 Å². The first-order chi connectivity index (χ1) is 7.09. The van der Waals surface area contributed by atoms with Crippen LogP contribution < -0.4 is 0 Å². The van der Waals surface area contributed by atoms with Gasteiger partial charge >= 0.3 is 0 Å². The summed E-state index contributed by atoms with van der Waals surface area (Å²) in [6.45, 7) is 0. The van der Waals surface area contributed by atoms with Gasteiger partial charge in [0.2, 0.25) is 0 Å². The third-order valence-corrected chi connectivity index (χ3v) is 2.98. The van der Waals surface area contributed by atoms with Gasteiger partial charge in [0.15, 0.2) is 0 Å². The Morgan fingerprint density at radius 3 is 2.67 bits per heavy atom. The largest absolute Gasteiger partial charge is 0.328 e. The van der Waals surface area contributed by atoms with E-state index in [0.717, 1.165) is 18.2 Å². The molecule has 1 aromatic heterocycles. The van der Waals surface area contributed by atoms with E-state index in [1.807, 2.05) is 0 Å². The summed E-state index contributed by atoms with van der Waals surface area (Å²) in [4.78, 5) is 4.00. The molecule has 1 aromatic carbocycles. The minimum absolute atomic E-state index is 0.155. The monoisotopic (exact) mass is 272 g/mol. The van der Waals surface area contributed by atoms with Gasteiger partial charge in [-0.3, -0.25) is 0 Å². The Kier molecular flexibility index (Phi) is 2.56. The summed E-state index contributed by atoms with van der Waals surface area (Å²) in [6, 6.07) is 3.30. The van der Waals surface area contributed by atoms with Crippen molar-refractivity contribution in [2.45, 2.75) is 0 Å². The van der Waals surface area contributed by atoms with Gasteiger partial charge in [-0.2, -0.15) is 0 Å². The highest BCUT2D eigenvalue weighted by Crippen LogP contribution is 2.28. The average Bonchev–Trinajstić information content (AvgIpc) is 2.52. The number of hydrogen-bond acceptors (Lipinski definition) is 1. The lowest BCUT2D eigenvalue weighted by molar-refractivity contribution is 0.602. The van der Waals surface area contributed by atoms with E-state index in [2.05, 4.69) is 20.9 Å². The van der Waals surface area contributed by atoms with E-state index in [1.54, 1.807) is 11.6 Å². The lowest BCUT2D eigenvalue weighted by Gasteiger charge is -2.01. The molecular formula is C10H7BrF2N2. The topological polar surface area (TPSA) is 17.8 Å². The zero-order valence-corrected chi connectivity index (χ0v) is 9.42. The zero-order chi connectivity index (χ0) is 11.0. The van der Waals surface area contributed by atoms with Crippen molar-refractivity contribution in [1.29, 1.82) is 0 Å². The first kappa shape index (κ1) is 10.3. The van der Waals surface area contributed by atoms with Gasteiger partial charge < -0.3 is 4.57 Å². The van der Waals surface area contributed by atoms with Crippen LogP contribution >= 0.6 is 15.9 Å². The van der Waals surface area contributed by atoms with Gasteiger partial charge in [0, 0.05) is 12.6 Å². The second-order valence-corrected chi connectivity index (χ2v) is 3.87. The van der Waals surface area contributed by atoms with E-state index < -0.39 is 11.6 Å². The molecule has 5 heteroatoms. The minimum Gasteiger partial charge on any atom is -0.328 e. The van der Waals surface area contributed by atoms with E-state index in [4.69, 9.17) is 0 Å². The molecule has 0 saturated carbocycles. The Hall–Kier alpha value is -1.23. The maximum absolute atomic E-state index is 13.4. The summed E-state index contributed by atoms with van der Waals surface area (Å²) in [5, 5.41) is 0. The van der Waals surface area contributed by atoms with Crippen LogP contribution in [-0.4, -0.2) is 9.55 Å². The van der Waals surface area contributed by atoms with Gasteiger partial charge in [-0.25, -0.2) is 13.8 Å². The predicted molar refractivity (Wildman–Crippen MR) is 56.3 cm³/mol. The van der Waals surface area contributed by atoms with E-state index in [1.165, 1.54) is 6.33 Å². The van der Waals surface area contributed by atoms with Gasteiger partial charge in [0.25, 0.3) is 0 Å². The predicted octanol–water partition coefficient (Wildman–Crippen LogP) is 3.13. The molecule has 1 heterocycles. The van der Waals surface area contributed by atoms with Crippen LogP contribution in [-0.2, 0) is 7.05 Å². The fraction of sp³-hybridized carbons (Fsp3) is 0.100. The van der Waals surface area contributed by atoms with Crippen molar-refractivity contribution in [3.05, 3.63) is 40.8 Å². The molecule has 0 amide bonds. The second kappa shape index (κ2) is 3.73. The van der Waals surface area contributed by atoms with Crippen molar-refractivity contribution in [3.8, 4) is 11.3 Å². The quantitative estimate of drug-likeness (QED) is 0.780. The van der Waals surface area contributed by atoms with E-state index in [0.29, 0.717) is 10.3 Å². The number of hydrogen-bond donors (Lipinski definition) is 0.